The van der Waals surface area contributed by atoms with E-state index in [4.69, 9.17) is 4.74 Å². The molecule has 0 aromatic heterocycles. The quantitative estimate of drug-likeness (QED) is 0.685. The molecule has 0 aliphatic rings. The standard InChI is InChI=1S/C16H16N2O2/c1-12(17-18-13-8-4-3-5-9-13)14-10-6-7-11-15(20-2)16(14)19/h3-11,18H,1-2H3/b17-12+. The van der Waals surface area contributed by atoms with Gasteiger partial charge in [0.05, 0.1) is 18.5 Å². The second-order valence-electron chi connectivity index (χ2n) is 4.20. The molecular formula is C16H16N2O2. The lowest BCUT2D eigenvalue weighted by Crippen LogP contribution is -2.13. The van der Waals surface area contributed by atoms with Crippen molar-refractivity contribution in [2.45, 2.75) is 6.92 Å². The summed E-state index contributed by atoms with van der Waals surface area (Å²) in [5, 5.41) is 4.24. The summed E-state index contributed by atoms with van der Waals surface area (Å²) in [5.74, 6) is 0.305. The van der Waals surface area contributed by atoms with E-state index in [9.17, 15) is 4.79 Å². The van der Waals surface area contributed by atoms with Crippen molar-refractivity contribution >= 4 is 11.4 Å². The fraction of sp³-hybridized carbons (Fsp3) is 0.125. The van der Waals surface area contributed by atoms with Crippen LogP contribution in [0.5, 0.6) is 5.75 Å². The predicted octanol–water partition coefficient (Wildman–Crippen LogP) is 2.89. The van der Waals surface area contributed by atoms with Gasteiger partial charge in [-0.2, -0.15) is 5.10 Å². The highest BCUT2D eigenvalue weighted by molar-refractivity contribution is 5.99. The molecule has 2 rings (SSSR count). The van der Waals surface area contributed by atoms with E-state index in [0.717, 1.165) is 5.69 Å². The summed E-state index contributed by atoms with van der Waals surface area (Å²) < 4.78 is 5.07. The van der Waals surface area contributed by atoms with Crippen LogP contribution in [0.4, 0.5) is 5.69 Å². The Kier molecular flexibility index (Phi) is 4.50. The van der Waals surface area contributed by atoms with E-state index in [1.165, 1.54) is 7.11 Å². The van der Waals surface area contributed by atoms with E-state index in [1.54, 1.807) is 31.2 Å². The van der Waals surface area contributed by atoms with Gasteiger partial charge < -0.3 is 4.74 Å². The zero-order valence-electron chi connectivity index (χ0n) is 11.5. The number of anilines is 1. The number of hydrogen-bond acceptors (Lipinski definition) is 4. The topological polar surface area (TPSA) is 50.7 Å². The first kappa shape index (κ1) is 13.8. The van der Waals surface area contributed by atoms with Crippen molar-refractivity contribution < 1.29 is 4.74 Å². The van der Waals surface area contributed by atoms with E-state index in [1.807, 2.05) is 30.3 Å². The minimum absolute atomic E-state index is 0.173. The highest BCUT2D eigenvalue weighted by Crippen LogP contribution is 2.07. The van der Waals surface area contributed by atoms with Crippen molar-refractivity contribution in [1.29, 1.82) is 0 Å². The molecule has 0 saturated carbocycles. The summed E-state index contributed by atoms with van der Waals surface area (Å²) >= 11 is 0. The molecule has 20 heavy (non-hydrogen) atoms. The average Bonchev–Trinajstić information content (AvgIpc) is 2.67. The molecule has 0 saturated heterocycles. The Morgan fingerprint density at radius 1 is 1.05 bits per heavy atom. The molecule has 102 valence electrons. The van der Waals surface area contributed by atoms with Crippen LogP contribution in [0.3, 0.4) is 0 Å². The van der Waals surface area contributed by atoms with E-state index in [-0.39, 0.29) is 5.43 Å². The first-order valence-corrected chi connectivity index (χ1v) is 6.25. The largest absolute Gasteiger partial charge is 0.493 e. The molecule has 0 amide bonds. The number of nitrogens with zero attached hydrogens (tertiary/aromatic N) is 1. The van der Waals surface area contributed by atoms with Crippen LogP contribution in [-0.2, 0) is 0 Å². The normalized spacial score (nSPS) is 11.0. The summed E-state index contributed by atoms with van der Waals surface area (Å²) in [4.78, 5) is 12.2. The highest BCUT2D eigenvalue weighted by Gasteiger charge is 2.06. The van der Waals surface area contributed by atoms with Gasteiger partial charge in [0.1, 0.15) is 0 Å². The number of hydrogen-bond donors (Lipinski definition) is 1. The van der Waals surface area contributed by atoms with E-state index >= 15 is 0 Å². The molecule has 0 aliphatic carbocycles. The van der Waals surface area contributed by atoms with Gasteiger partial charge in [-0.05, 0) is 31.2 Å². The second-order valence-corrected chi connectivity index (χ2v) is 4.20. The number of benzene rings is 1. The van der Waals surface area contributed by atoms with Crippen LogP contribution in [-0.4, -0.2) is 12.8 Å². The Morgan fingerprint density at radius 3 is 2.40 bits per heavy atom. The third-order valence-electron chi connectivity index (χ3n) is 2.83. The van der Waals surface area contributed by atoms with Gasteiger partial charge in [0, 0.05) is 5.56 Å². The molecule has 0 aliphatic heterocycles. The zero-order valence-corrected chi connectivity index (χ0v) is 11.5. The summed E-state index contributed by atoms with van der Waals surface area (Å²) in [5.41, 5.74) is 4.74. The molecule has 0 radical (unpaired) electrons. The van der Waals surface area contributed by atoms with Crippen LogP contribution >= 0.6 is 0 Å². The summed E-state index contributed by atoms with van der Waals surface area (Å²) in [6.45, 7) is 1.78. The lowest BCUT2D eigenvalue weighted by molar-refractivity contribution is 0.411. The predicted molar refractivity (Wildman–Crippen MR) is 81.5 cm³/mol. The van der Waals surface area contributed by atoms with Crippen molar-refractivity contribution in [2.75, 3.05) is 12.5 Å². The van der Waals surface area contributed by atoms with Crippen LogP contribution in [0.25, 0.3) is 0 Å². The fourth-order valence-corrected chi connectivity index (χ4v) is 1.75. The van der Waals surface area contributed by atoms with E-state index in [2.05, 4.69) is 10.5 Å². The van der Waals surface area contributed by atoms with E-state index in [0.29, 0.717) is 17.0 Å². The number of rotatable bonds is 4. The Labute approximate surface area is 117 Å². The average molecular weight is 268 g/mol. The number of para-hydroxylation sites is 1. The molecular weight excluding hydrogens is 252 g/mol. The number of ether oxygens (including phenoxy) is 1. The molecule has 2 aromatic rings. The molecule has 0 fully saturated rings. The lowest BCUT2D eigenvalue weighted by atomic mass is 10.2. The summed E-state index contributed by atoms with van der Waals surface area (Å²) in [6, 6.07) is 16.5. The molecule has 4 heteroatoms. The van der Waals surface area contributed by atoms with Gasteiger partial charge in [-0.25, -0.2) is 0 Å². The SMILES string of the molecule is COc1ccccc(/C(C)=N/Nc2ccccc2)c1=O. The molecule has 0 unspecified atom stereocenters. The van der Waals surface area contributed by atoms with Crippen LogP contribution < -0.4 is 15.6 Å². The smallest absolute Gasteiger partial charge is 0.229 e. The van der Waals surface area contributed by atoms with Gasteiger partial charge in [0.2, 0.25) is 5.43 Å². The Balaban J connectivity index is 2.32. The van der Waals surface area contributed by atoms with Crippen molar-refractivity contribution in [3.05, 3.63) is 70.4 Å². The molecule has 0 heterocycles. The Morgan fingerprint density at radius 2 is 1.70 bits per heavy atom. The van der Waals surface area contributed by atoms with Crippen LogP contribution in [0.15, 0.2) is 64.5 Å². The minimum atomic E-state index is -0.173. The summed E-state index contributed by atoms with van der Waals surface area (Å²) in [6.07, 6.45) is 0. The van der Waals surface area contributed by atoms with Gasteiger partial charge in [-0.1, -0.05) is 30.3 Å². The first-order valence-electron chi connectivity index (χ1n) is 6.25. The van der Waals surface area contributed by atoms with Crippen molar-refractivity contribution in [3.8, 4) is 5.75 Å². The maximum Gasteiger partial charge on any atom is 0.229 e. The monoisotopic (exact) mass is 268 g/mol. The van der Waals surface area contributed by atoms with Crippen molar-refractivity contribution in [2.24, 2.45) is 5.10 Å². The lowest BCUT2D eigenvalue weighted by Gasteiger charge is -2.02. The number of hydrazone groups is 1. The number of nitrogens with one attached hydrogen (secondary N) is 1. The molecule has 0 atom stereocenters. The van der Waals surface area contributed by atoms with E-state index < -0.39 is 0 Å². The molecule has 1 N–H and O–H groups in total. The Hall–Kier alpha value is -2.62. The fourth-order valence-electron chi connectivity index (χ4n) is 1.75. The molecule has 0 bridgehead atoms. The van der Waals surface area contributed by atoms with Crippen LogP contribution in [0.2, 0.25) is 0 Å². The van der Waals surface area contributed by atoms with Crippen LogP contribution in [0.1, 0.15) is 12.5 Å². The van der Waals surface area contributed by atoms with Crippen molar-refractivity contribution in [3.63, 3.8) is 0 Å². The third kappa shape index (κ3) is 3.23. The maximum absolute atomic E-state index is 12.2. The van der Waals surface area contributed by atoms with Gasteiger partial charge >= 0.3 is 0 Å². The van der Waals surface area contributed by atoms with Crippen LogP contribution in [0, 0.1) is 0 Å². The highest BCUT2D eigenvalue weighted by atomic mass is 16.5. The van der Waals surface area contributed by atoms with Crippen molar-refractivity contribution in [1.82, 2.24) is 0 Å². The second kappa shape index (κ2) is 6.52. The molecule has 2 aromatic carbocycles. The van der Waals surface area contributed by atoms with Gasteiger partial charge in [0.25, 0.3) is 0 Å². The van der Waals surface area contributed by atoms with Gasteiger partial charge in [-0.15, -0.1) is 0 Å². The maximum atomic E-state index is 12.2. The van der Waals surface area contributed by atoms with Gasteiger partial charge in [0.15, 0.2) is 5.75 Å². The van der Waals surface area contributed by atoms with Gasteiger partial charge in [-0.3, -0.25) is 10.2 Å². The number of methoxy groups -OCH3 is 1. The minimum Gasteiger partial charge on any atom is -0.493 e. The zero-order chi connectivity index (χ0) is 14.4. The molecule has 0 spiro atoms. The first-order chi connectivity index (χ1) is 9.72. The summed E-state index contributed by atoms with van der Waals surface area (Å²) in [7, 11) is 1.48. The molecule has 4 nitrogen and oxygen atoms in total. The Bertz CT molecular complexity index is 667. The third-order valence-corrected chi connectivity index (χ3v) is 2.83.